The Morgan fingerprint density at radius 1 is 1.00 bits per heavy atom. The second kappa shape index (κ2) is 3.13. The van der Waals surface area contributed by atoms with Gasteiger partial charge in [0.1, 0.15) is 0 Å². The van der Waals surface area contributed by atoms with Crippen molar-refractivity contribution in [3.8, 4) is 0 Å². The molecule has 0 atom stereocenters. The number of fused-ring (bicyclic) bond motifs is 3. The van der Waals surface area contributed by atoms with E-state index in [0.29, 0.717) is 0 Å². The van der Waals surface area contributed by atoms with Crippen LogP contribution in [0.15, 0.2) is 30.3 Å². The largest absolute Gasteiger partial charge is 0.0616 e. The molecule has 1 aliphatic carbocycles. The standard InChI is InChI=1S/C14H13/c1-3-7-13-11(5-1)9-10-12-6-2-4-8-14(12)13/h1,3,5,7,10H,2,4,6,8H2. The molecule has 0 unspecified atom stereocenters. The van der Waals surface area contributed by atoms with E-state index < -0.39 is 0 Å². The van der Waals surface area contributed by atoms with Crippen LogP contribution in [0.3, 0.4) is 0 Å². The van der Waals surface area contributed by atoms with Gasteiger partial charge in [-0.1, -0.05) is 30.3 Å². The molecule has 1 radical (unpaired) electrons. The molecule has 0 aromatic heterocycles. The lowest BCUT2D eigenvalue weighted by atomic mass is 9.88. The zero-order chi connectivity index (χ0) is 9.38. The Bertz CT molecular complexity index is 468. The zero-order valence-corrected chi connectivity index (χ0v) is 8.22. The Hall–Kier alpha value is -1.30. The number of hydrogen-bond donors (Lipinski definition) is 0. The fraction of sp³-hybridized carbons (Fsp3) is 0.286. The van der Waals surface area contributed by atoms with Gasteiger partial charge in [-0.2, -0.15) is 0 Å². The van der Waals surface area contributed by atoms with E-state index in [1.165, 1.54) is 42.0 Å². The van der Waals surface area contributed by atoms with Gasteiger partial charge in [-0.25, -0.2) is 0 Å². The van der Waals surface area contributed by atoms with Gasteiger partial charge in [0.25, 0.3) is 0 Å². The SMILES string of the molecule is [c]1cc2c(c3ccccc13)CCCC2. The van der Waals surface area contributed by atoms with Gasteiger partial charge in [0, 0.05) is 0 Å². The van der Waals surface area contributed by atoms with Crippen molar-refractivity contribution in [2.45, 2.75) is 25.7 Å². The molecular weight excluding hydrogens is 168 g/mol. The highest BCUT2D eigenvalue weighted by Crippen LogP contribution is 2.28. The van der Waals surface area contributed by atoms with Gasteiger partial charge in [0.05, 0.1) is 0 Å². The van der Waals surface area contributed by atoms with Crippen LogP contribution in [0.5, 0.6) is 0 Å². The van der Waals surface area contributed by atoms with E-state index in [0.717, 1.165) is 0 Å². The van der Waals surface area contributed by atoms with Crippen molar-refractivity contribution in [1.82, 2.24) is 0 Å². The van der Waals surface area contributed by atoms with Gasteiger partial charge >= 0.3 is 0 Å². The number of aryl methyl sites for hydroxylation is 2. The van der Waals surface area contributed by atoms with Crippen molar-refractivity contribution in [3.63, 3.8) is 0 Å². The van der Waals surface area contributed by atoms with E-state index in [9.17, 15) is 0 Å². The van der Waals surface area contributed by atoms with Crippen molar-refractivity contribution in [2.75, 3.05) is 0 Å². The van der Waals surface area contributed by atoms with Gasteiger partial charge in [-0.05, 0) is 53.6 Å². The maximum atomic E-state index is 3.38. The molecule has 0 amide bonds. The van der Waals surface area contributed by atoms with Crippen molar-refractivity contribution in [3.05, 3.63) is 47.5 Å². The zero-order valence-electron chi connectivity index (χ0n) is 8.22. The summed E-state index contributed by atoms with van der Waals surface area (Å²) >= 11 is 0. The molecular formula is C14H13. The fourth-order valence-electron chi connectivity index (χ4n) is 2.43. The van der Waals surface area contributed by atoms with E-state index >= 15 is 0 Å². The van der Waals surface area contributed by atoms with Gasteiger partial charge in [0.2, 0.25) is 0 Å². The molecule has 0 saturated carbocycles. The Morgan fingerprint density at radius 3 is 2.86 bits per heavy atom. The second-order valence-corrected chi connectivity index (χ2v) is 4.05. The molecule has 0 N–H and O–H groups in total. The van der Waals surface area contributed by atoms with Gasteiger partial charge in [-0.15, -0.1) is 0 Å². The Morgan fingerprint density at radius 2 is 1.86 bits per heavy atom. The summed E-state index contributed by atoms with van der Waals surface area (Å²) in [7, 11) is 0. The molecule has 1 aliphatic rings. The van der Waals surface area contributed by atoms with Crippen molar-refractivity contribution < 1.29 is 0 Å². The lowest BCUT2D eigenvalue weighted by molar-refractivity contribution is 0.690. The summed E-state index contributed by atoms with van der Waals surface area (Å²) in [5.74, 6) is 0. The number of rotatable bonds is 0. The van der Waals surface area contributed by atoms with Gasteiger partial charge in [0.15, 0.2) is 0 Å². The predicted octanol–water partition coefficient (Wildman–Crippen LogP) is 3.52. The van der Waals surface area contributed by atoms with Crippen LogP contribution >= 0.6 is 0 Å². The molecule has 2 aromatic carbocycles. The predicted molar refractivity (Wildman–Crippen MR) is 59.4 cm³/mol. The quantitative estimate of drug-likeness (QED) is 0.583. The smallest absolute Gasteiger partial charge is 0.00961 e. The average Bonchev–Trinajstić information content (AvgIpc) is 2.29. The van der Waals surface area contributed by atoms with Crippen molar-refractivity contribution >= 4 is 10.8 Å². The van der Waals surface area contributed by atoms with Crippen molar-refractivity contribution in [2.24, 2.45) is 0 Å². The third-order valence-corrected chi connectivity index (χ3v) is 3.16. The van der Waals surface area contributed by atoms with Crippen LogP contribution in [0, 0.1) is 6.07 Å². The fourth-order valence-corrected chi connectivity index (χ4v) is 2.43. The van der Waals surface area contributed by atoms with E-state index in [-0.39, 0.29) is 0 Å². The molecule has 0 fully saturated rings. The first-order valence-electron chi connectivity index (χ1n) is 5.36. The van der Waals surface area contributed by atoms with E-state index in [2.05, 4.69) is 36.4 Å². The highest BCUT2D eigenvalue weighted by Gasteiger charge is 2.11. The van der Waals surface area contributed by atoms with Crippen LogP contribution in [-0.4, -0.2) is 0 Å². The highest BCUT2D eigenvalue weighted by atomic mass is 14.2. The molecule has 2 aromatic rings. The third kappa shape index (κ3) is 1.14. The monoisotopic (exact) mass is 181 g/mol. The lowest BCUT2D eigenvalue weighted by Gasteiger charge is -2.17. The molecule has 69 valence electrons. The molecule has 0 spiro atoms. The molecule has 14 heavy (non-hydrogen) atoms. The maximum absolute atomic E-state index is 3.38. The molecule has 0 nitrogen and oxygen atoms in total. The van der Waals surface area contributed by atoms with Gasteiger partial charge < -0.3 is 0 Å². The summed E-state index contributed by atoms with van der Waals surface area (Å²) in [6.07, 6.45) is 5.20. The summed E-state index contributed by atoms with van der Waals surface area (Å²) < 4.78 is 0. The van der Waals surface area contributed by atoms with E-state index in [4.69, 9.17) is 0 Å². The Kier molecular flexibility index (Phi) is 1.80. The molecule has 3 rings (SSSR count). The average molecular weight is 181 g/mol. The first-order chi connectivity index (χ1) is 6.95. The number of benzene rings is 2. The minimum atomic E-state index is 1.25. The lowest BCUT2D eigenvalue weighted by Crippen LogP contribution is -2.02. The minimum Gasteiger partial charge on any atom is -0.0616 e. The summed E-state index contributed by atoms with van der Waals surface area (Å²) in [6.45, 7) is 0. The van der Waals surface area contributed by atoms with Crippen LogP contribution < -0.4 is 0 Å². The molecule has 0 heterocycles. The van der Waals surface area contributed by atoms with Crippen LogP contribution in [0.2, 0.25) is 0 Å². The van der Waals surface area contributed by atoms with Gasteiger partial charge in [-0.3, -0.25) is 0 Å². The molecule has 0 saturated heterocycles. The van der Waals surface area contributed by atoms with Crippen LogP contribution in [0.1, 0.15) is 24.0 Å². The maximum Gasteiger partial charge on any atom is -0.00961 e. The third-order valence-electron chi connectivity index (χ3n) is 3.16. The van der Waals surface area contributed by atoms with E-state index in [1.807, 2.05) is 0 Å². The van der Waals surface area contributed by atoms with Crippen molar-refractivity contribution in [1.29, 1.82) is 0 Å². The van der Waals surface area contributed by atoms with Crippen LogP contribution in [-0.2, 0) is 12.8 Å². The normalized spacial score (nSPS) is 15.4. The summed E-state index contributed by atoms with van der Waals surface area (Å²) in [5, 5.41) is 2.69. The molecule has 0 aliphatic heterocycles. The first-order valence-corrected chi connectivity index (χ1v) is 5.36. The van der Waals surface area contributed by atoms with Crippen LogP contribution in [0.4, 0.5) is 0 Å². The Labute approximate surface area is 84.6 Å². The highest BCUT2D eigenvalue weighted by molar-refractivity contribution is 5.86. The second-order valence-electron chi connectivity index (χ2n) is 4.05. The molecule has 0 heteroatoms. The van der Waals surface area contributed by atoms with Crippen LogP contribution in [0.25, 0.3) is 10.8 Å². The summed E-state index contributed by atoms with van der Waals surface area (Å²) in [6, 6.07) is 14.2. The number of hydrogen-bond acceptors (Lipinski definition) is 0. The minimum absolute atomic E-state index is 1.25. The first kappa shape index (κ1) is 8.05. The summed E-state index contributed by atoms with van der Waals surface area (Å²) in [5.41, 5.74) is 3.10. The van der Waals surface area contributed by atoms with E-state index in [1.54, 1.807) is 5.56 Å². The molecule has 0 bridgehead atoms. The topological polar surface area (TPSA) is 0 Å². The Balaban J connectivity index is 2.34. The summed E-state index contributed by atoms with van der Waals surface area (Å²) in [4.78, 5) is 0.